The van der Waals surface area contributed by atoms with E-state index < -0.39 is 10.7 Å². The Bertz CT molecular complexity index is 679. The molecule has 0 heterocycles. The van der Waals surface area contributed by atoms with Gasteiger partial charge in [-0.25, -0.2) is 4.39 Å². The number of nitrogens with one attached hydrogen (secondary N) is 1. The third-order valence-corrected chi connectivity index (χ3v) is 2.96. The summed E-state index contributed by atoms with van der Waals surface area (Å²) in [5.74, 6) is -0.329. The number of halogens is 2. The monoisotopic (exact) mass is 310 g/mol. The van der Waals surface area contributed by atoms with Crippen LogP contribution >= 0.6 is 11.6 Å². The Kier molecular flexibility index (Phi) is 4.59. The standard InChI is InChI=1S/C14H12ClFN2O3/c1-2-17-11-4-3-5-13(14(11)18(19)20)21-12-7-6-9(16)8-10(12)15/h3-8,17H,2H2,1H3. The third kappa shape index (κ3) is 3.41. The molecule has 7 heteroatoms. The second kappa shape index (κ2) is 6.41. The minimum Gasteiger partial charge on any atom is -0.448 e. The molecule has 1 N–H and O–H groups in total. The molecule has 0 radical (unpaired) electrons. The molecule has 2 rings (SSSR count). The number of rotatable bonds is 5. The highest BCUT2D eigenvalue weighted by Crippen LogP contribution is 2.39. The van der Waals surface area contributed by atoms with E-state index in [0.717, 1.165) is 6.07 Å². The summed E-state index contributed by atoms with van der Waals surface area (Å²) in [6, 6.07) is 8.23. The maximum absolute atomic E-state index is 13.0. The van der Waals surface area contributed by atoms with Gasteiger partial charge in [-0.2, -0.15) is 0 Å². The SMILES string of the molecule is CCNc1cccc(Oc2ccc(F)cc2Cl)c1[N+](=O)[O-]. The molecule has 21 heavy (non-hydrogen) atoms. The van der Waals surface area contributed by atoms with Crippen LogP contribution in [0.4, 0.5) is 15.8 Å². The Balaban J connectivity index is 2.43. The van der Waals surface area contributed by atoms with Crippen LogP contribution in [0.3, 0.4) is 0 Å². The molecule has 110 valence electrons. The molecule has 0 saturated heterocycles. The van der Waals surface area contributed by atoms with Gasteiger partial charge in [-0.05, 0) is 37.3 Å². The van der Waals surface area contributed by atoms with Crippen LogP contribution in [0.15, 0.2) is 36.4 Å². The van der Waals surface area contributed by atoms with Crippen molar-refractivity contribution in [2.75, 3.05) is 11.9 Å². The van der Waals surface area contributed by atoms with E-state index in [1.54, 1.807) is 12.1 Å². The van der Waals surface area contributed by atoms with Gasteiger partial charge in [0.1, 0.15) is 17.3 Å². The van der Waals surface area contributed by atoms with Crippen LogP contribution in [0.2, 0.25) is 5.02 Å². The van der Waals surface area contributed by atoms with Crippen LogP contribution in [-0.2, 0) is 0 Å². The number of hydrogen-bond donors (Lipinski definition) is 1. The smallest absolute Gasteiger partial charge is 0.334 e. The summed E-state index contributed by atoms with van der Waals surface area (Å²) in [5, 5.41) is 14.2. The highest BCUT2D eigenvalue weighted by atomic mass is 35.5. The van der Waals surface area contributed by atoms with E-state index in [0.29, 0.717) is 12.2 Å². The van der Waals surface area contributed by atoms with Gasteiger partial charge in [0.25, 0.3) is 0 Å². The zero-order valence-corrected chi connectivity index (χ0v) is 11.9. The molecule has 0 amide bonds. The van der Waals surface area contributed by atoms with Crippen LogP contribution in [0.25, 0.3) is 0 Å². The van der Waals surface area contributed by atoms with Crippen LogP contribution < -0.4 is 10.1 Å². The molecule has 0 aliphatic rings. The van der Waals surface area contributed by atoms with Crippen molar-refractivity contribution >= 4 is 23.0 Å². The molecule has 2 aromatic rings. The molecule has 0 atom stereocenters. The molecule has 0 aliphatic carbocycles. The number of para-hydroxylation sites is 1. The molecule has 0 aromatic heterocycles. The first kappa shape index (κ1) is 15.1. The van der Waals surface area contributed by atoms with Crippen LogP contribution in [0.1, 0.15) is 6.92 Å². The van der Waals surface area contributed by atoms with Gasteiger partial charge >= 0.3 is 5.69 Å². The van der Waals surface area contributed by atoms with Crippen LogP contribution in [0.5, 0.6) is 11.5 Å². The Labute approximate surface area is 125 Å². The van der Waals surface area contributed by atoms with Crippen molar-refractivity contribution in [3.05, 3.63) is 57.4 Å². The molecule has 0 fully saturated rings. The van der Waals surface area contributed by atoms with E-state index in [1.165, 1.54) is 18.2 Å². The van der Waals surface area contributed by atoms with Crippen LogP contribution in [-0.4, -0.2) is 11.5 Å². The lowest BCUT2D eigenvalue weighted by Crippen LogP contribution is -2.02. The quantitative estimate of drug-likeness (QED) is 0.647. The molecule has 2 aromatic carbocycles. The van der Waals surface area contributed by atoms with Crippen molar-refractivity contribution in [2.24, 2.45) is 0 Å². The van der Waals surface area contributed by atoms with E-state index >= 15 is 0 Å². The van der Waals surface area contributed by atoms with Crippen molar-refractivity contribution in [3.8, 4) is 11.5 Å². The highest BCUT2D eigenvalue weighted by Gasteiger charge is 2.21. The van der Waals surface area contributed by atoms with E-state index in [1.807, 2.05) is 6.92 Å². The predicted octanol–water partition coefficient (Wildman–Crippen LogP) is 4.61. The van der Waals surface area contributed by atoms with E-state index in [2.05, 4.69) is 5.32 Å². The third-order valence-electron chi connectivity index (χ3n) is 2.66. The molecular formula is C14H12ClFN2O3. The molecule has 0 saturated carbocycles. The average molecular weight is 311 g/mol. The van der Waals surface area contributed by atoms with E-state index in [4.69, 9.17) is 16.3 Å². The molecule has 0 spiro atoms. The number of benzene rings is 2. The minimum atomic E-state index is -0.537. The van der Waals surface area contributed by atoms with Gasteiger partial charge in [0.2, 0.25) is 5.75 Å². The lowest BCUT2D eigenvalue weighted by Gasteiger charge is -2.11. The van der Waals surface area contributed by atoms with Crippen molar-refractivity contribution in [2.45, 2.75) is 6.92 Å². The highest BCUT2D eigenvalue weighted by molar-refractivity contribution is 6.32. The number of nitro groups is 1. The van der Waals surface area contributed by atoms with Gasteiger partial charge < -0.3 is 10.1 Å². The van der Waals surface area contributed by atoms with Crippen molar-refractivity contribution < 1.29 is 14.1 Å². The number of hydrogen-bond acceptors (Lipinski definition) is 4. The first-order valence-electron chi connectivity index (χ1n) is 6.17. The van der Waals surface area contributed by atoms with E-state index in [-0.39, 0.29) is 22.2 Å². The number of ether oxygens (including phenoxy) is 1. The fourth-order valence-corrected chi connectivity index (χ4v) is 2.01. The van der Waals surface area contributed by atoms with Gasteiger partial charge in [-0.15, -0.1) is 0 Å². The first-order valence-corrected chi connectivity index (χ1v) is 6.55. The zero-order valence-electron chi connectivity index (χ0n) is 11.1. The molecule has 0 unspecified atom stereocenters. The topological polar surface area (TPSA) is 64.4 Å². The molecule has 0 bridgehead atoms. The summed E-state index contributed by atoms with van der Waals surface area (Å²) in [7, 11) is 0. The molecule has 0 aliphatic heterocycles. The van der Waals surface area contributed by atoms with Gasteiger partial charge in [0.05, 0.1) is 9.95 Å². The Morgan fingerprint density at radius 3 is 2.71 bits per heavy atom. The minimum absolute atomic E-state index is 0.0342. The maximum Gasteiger partial charge on any atom is 0.334 e. The Morgan fingerprint density at radius 2 is 2.10 bits per heavy atom. The fourth-order valence-electron chi connectivity index (χ4n) is 1.80. The summed E-state index contributed by atoms with van der Waals surface area (Å²) in [5.41, 5.74) is 0.151. The first-order chi connectivity index (χ1) is 10.0. The average Bonchev–Trinajstić information content (AvgIpc) is 2.42. The summed E-state index contributed by atoms with van der Waals surface area (Å²) in [4.78, 5) is 10.7. The predicted molar refractivity (Wildman–Crippen MR) is 78.7 cm³/mol. The Morgan fingerprint density at radius 1 is 1.33 bits per heavy atom. The largest absolute Gasteiger partial charge is 0.448 e. The maximum atomic E-state index is 13.0. The van der Waals surface area contributed by atoms with Gasteiger partial charge in [0, 0.05) is 6.54 Å². The van der Waals surface area contributed by atoms with Crippen molar-refractivity contribution in [1.29, 1.82) is 0 Å². The van der Waals surface area contributed by atoms with Gasteiger partial charge in [-0.3, -0.25) is 10.1 Å². The summed E-state index contributed by atoms with van der Waals surface area (Å²) >= 11 is 5.86. The normalized spacial score (nSPS) is 10.2. The summed E-state index contributed by atoms with van der Waals surface area (Å²) in [6.07, 6.45) is 0. The molecular weight excluding hydrogens is 299 g/mol. The van der Waals surface area contributed by atoms with Gasteiger partial charge in [0.15, 0.2) is 0 Å². The summed E-state index contributed by atoms with van der Waals surface area (Å²) in [6.45, 7) is 2.36. The number of anilines is 1. The number of nitro benzene ring substituents is 1. The van der Waals surface area contributed by atoms with Gasteiger partial charge in [-0.1, -0.05) is 17.7 Å². The lowest BCUT2D eigenvalue weighted by molar-refractivity contribution is -0.384. The van der Waals surface area contributed by atoms with Crippen LogP contribution in [0, 0.1) is 15.9 Å². The van der Waals surface area contributed by atoms with Crippen molar-refractivity contribution in [3.63, 3.8) is 0 Å². The second-order valence-corrected chi connectivity index (χ2v) is 4.52. The van der Waals surface area contributed by atoms with Crippen molar-refractivity contribution in [1.82, 2.24) is 0 Å². The number of nitrogens with zero attached hydrogens (tertiary/aromatic N) is 1. The molecule has 5 nitrogen and oxygen atoms in total. The zero-order chi connectivity index (χ0) is 15.4. The fraction of sp³-hybridized carbons (Fsp3) is 0.143. The lowest BCUT2D eigenvalue weighted by atomic mass is 10.2. The summed E-state index contributed by atoms with van der Waals surface area (Å²) < 4.78 is 18.5. The second-order valence-electron chi connectivity index (χ2n) is 4.12. The van der Waals surface area contributed by atoms with E-state index in [9.17, 15) is 14.5 Å². The Hall–Kier alpha value is -2.34.